The molecule has 2 aliphatic rings. The van der Waals surface area contributed by atoms with E-state index in [1.807, 2.05) is 11.9 Å². The molecule has 0 saturated carbocycles. The van der Waals surface area contributed by atoms with Crippen molar-refractivity contribution in [2.24, 2.45) is 5.92 Å². The summed E-state index contributed by atoms with van der Waals surface area (Å²) in [6, 6.07) is 6.18. The van der Waals surface area contributed by atoms with E-state index in [4.69, 9.17) is 11.6 Å². The van der Waals surface area contributed by atoms with E-state index < -0.39 is 10.0 Å². The Bertz CT molecular complexity index is 715. The maximum Gasteiger partial charge on any atom is 0.243 e. The lowest BCUT2D eigenvalue weighted by atomic mass is 9.98. The number of sulfonamides is 1. The summed E-state index contributed by atoms with van der Waals surface area (Å²) in [6.07, 6.45) is 1.45. The van der Waals surface area contributed by atoms with Crippen LogP contribution in [0.5, 0.6) is 0 Å². The Hall–Kier alpha value is -1.15. The highest BCUT2D eigenvalue weighted by Gasteiger charge is 2.35. The topological polar surface area (TPSA) is 60.9 Å². The van der Waals surface area contributed by atoms with Gasteiger partial charge in [-0.1, -0.05) is 11.6 Å². The number of likely N-dealkylation sites (N-methyl/N-ethyl adjacent to an activating group) is 1. The van der Waals surface area contributed by atoms with Crippen LogP contribution in [0.15, 0.2) is 29.2 Å². The summed E-state index contributed by atoms with van der Waals surface area (Å²) in [7, 11) is -1.54. The summed E-state index contributed by atoms with van der Waals surface area (Å²) in [6.45, 7) is 3.88. The van der Waals surface area contributed by atoms with Crippen molar-refractivity contribution in [3.8, 4) is 0 Å². The molecule has 6 nitrogen and oxygen atoms in total. The van der Waals surface area contributed by atoms with E-state index in [1.165, 1.54) is 16.4 Å². The molecule has 0 bridgehead atoms. The average Bonchev–Trinajstić information content (AvgIpc) is 2.62. The van der Waals surface area contributed by atoms with Crippen molar-refractivity contribution in [3.05, 3.63) is 29.3 Å². The summed E-state index contributed by atoms with van der Waals surface area (Å²) in [4.78, 5) is 17.1. The van der Waals surface area contributed by atoms with E-state index >= 15 is 0 Å². The lowest BCUT2D eigenvalue weighted by Crippen LogP contribution is -2.52. The van der Waals surface area contributed by atoms with Crippen LogP contribution in [0.4, 0.5) is 0 Å². The molecule has 25 heavy (non-hydrogen) atoms. The Kier molecular flexibility index (Phi) is 5.68. The molecule has 1 aromatic carbocycles. The molecule has 2 aliphatic heterocycles. The molecule has 1 atom stereocenters. The van der Waals surface area contributed by atoms with Gasteiger partial charge in [0.15, 0.2) is 0 Å². The normalized spacial score (nSPS) is 23.6. The highest BCUT2D eigenvalue weighted by Crippen LogP contribution is 2.26. The van der Waals surface area contributed by atoms with E-state index in [2.05, 4.69) is 4.90 Å². The van der Waals surface area contributed by atoms with Crippen LogP contribution < -0.4 is 0 Å². The Morgan fingerprint density at radius 1 is 1.08 bits per heavy atom. The van der Waals surface area contributed by atoms with Crippen molar-refractivity contribution < 1.29 is 13.2 Å². The van der Waals surface area contributed by atoms with Crippen molar-refractivity contribution in [3.63, 3.8) is 0 Å². The number of hydrogen-bond acceptors (Lipinski definition) is 4. The van der Waals surface area contributed by atoms with E-state index in [1.54, 1.807) is 12.1 Å². The predicted octanol–water partition coefficient (Wildman–Crippen LogP) is 1.51. The predicted molar refractivity (Wildman–Crippen MR) is 97.0 cm³/mol. The average molecular weight is 386 g/mol. The lowest BCUT2D eigenvalue weighted by molar-refractivity contribution is -0.138. The van der Waals surface area contributed by atoms with Gasteiger partial charge in [-0.2, -0.15) is 4.31 Å². The van der Waals surface area contributed by atoms with Crippen LogP contribution in [-0.4, -0.2) is 74.7 Å². The van der Waals surface area contributed by atoms with Crippen LogP contribution in [-0.2, 0) is 14.8 Å². The number of hydrogen-bond donors (Lipinski definition) is 0. The molecule has 8 heteroatoms. The third kappa shape index (κ3) is 4.16. The Morgan fingerprint density at radius 3 is 2.36 bits per heavy atom. The van der Waals surface area contributed by atoms with E-state index in [0.717, 1.165) is 32.6 Å². The molecular formula is C17H24ClN3O3S. The molecule has 0 aliphatic carbocycles. The van der Waals surface area contributed by atoms with Crippen LogP contribution in [0.3, 0.4) is 0 Å². The number of piperidine rings is 1. The van der Waals surface area contributed by atoms with Crippen LogP contribution in [0.2, 0.25) is 5.02 Å². The minimum absolute atomic E-state index is 0.0871. The minimum atomic E-state index is -3.59. The van der Waals surface area contributed by atoms with Crippen molar-refractivity contribution in [1.82, 2.24) is 14.1 Å². The fourth-order valence-electron chi connectivity index (χ4n) is 3.40. The van der Waals surface area contributed by atoms with Crippen molar-refractivity contribution in [1.29, 1.82) is 0 Å². The van der Waals surface area contributed by atoms with Crippen LogP contribution in [0.1, 0.15) is 12.8 Å². The van der Waals surface area contributed by atoms with Crippen molar-refractivity contribution in [2.45, 2.75) is 17.7 Å². The van der Waals surface area contributed by atoms with Gasteiger partial charge in [0.05, 0.1) is 10.8 Å². The number of carbonyl (C=O) groups excluding carboxylic acids is 1. The molecular weight excluding hydrogens is 362 g/mol. The Labute approximate surface area is 154 Å². The molecule has 0 N–H and O–H groups in total. The standard InChI is InChI=1S/C17H24ClN3O3S/c1-19-9-11-20(12-10-19)17(22)14-3-2-8-21(13-14)25(23,24)16-6-4-15(18)5-7-16/h4-7,14H,2-3,8-13H2,1H3/t14-/m0/s1. The number of amides is 1. The Morgan fingerprint density at radius 2 is 1.72 bits per heavy atom. The number of piperazine rings is 1. The third-order valence-electron chi connectivity index (χ3n) is 5.00. The van der Waals surface area contributed by atoms with Gasteiger partial charge in [0, 0.05) is 44.3 Å². The molecule has 3 rings (SSSR count). The van der Waals surface area contributed by atoms with Crippen LogP contribution in [0, 0.1) is 5.92 Å². The molecule has 2 fully saturated rings. The van der Waals surface area contributed by atoms with Gasteiger partial charge < -0.3 is 9.80 Å². The maximum atomic E-state index is 12.8. The highest BCUT2D eigenvalue weighted by molar-refractivity contribution is 7.89. The largest absolute Gasteiger partial charge is 0.340 e. The zero-order valence-corrected chi connectivity index (χ0v) is 16.0. The zero-order chi connectivity index (χ0) is 18.0. The molecule has 1 amide bonds. The molecule has 1 aromatic rings. The fourth-order valence-corrected chi connectivity index (χ4v) is 5.05. The second-order valence-corrected chi connectivity index (χ2v) is 9.16. The molecule has 0 unspecified atom stereocenters. The number of carbonyl (C=O) groups is 1. The summed E-state index contributed by atoms with van der Waals surface area (Å²) in [5.74, 6) is -0.164. The van der Waals surface area contributed by atoms with Gasteiger partial charge in [-0.25, -0.2) is 8.42 Å². The van der Waals surface area contributed by atoms with Gasteiger partial charge in [0.2, 0.25) is 15.9 Å². The van der Waals surface area contributed by atoms with E-state index in [9.17, 15) is 13.2 Å². The van der Waals surface area contributed by atoms with Crippen molar-refractivity contribution in [2.75, 3.05) is 46.3 Å². The smallest absolute Gasteiger partial charge is 0.243 e. The molecule has 2 heterocycles. The van der Waals surface area contributed by atoms with E-state index in [-0.39, 0.29) is 23.3 Å². The van der Waals surface area contributed by atoms with Crippen LogP contribution in [0.25, 0.3) is 0 Å². The monoisotopic (exact) mass is 385 g/mol. The van der Waals surface area contributed by atoms with Crippen LogP contribution >= 0.6 is 11.6 Å². The van der Waals surface area contributed by atoms with E-state index in [0.29, 0.717) is 18.0 Å². The van der Waals surface area contributed by atoms with Crippen molar-refractivity contribution >= 4 is 27.5 Å². The number of benzene rings is 1. The molecule has 2 saturated heterocycles. The number of halogens is 1. The number of nitrogens with zero attached hydrogens (tertiary/aromatic N) is 3. The molecule has 0 radical (unpaired) electrons. The zero-order valence-electron chi connectivity index (χ0n) is 14.4. The second kappa shape index (κ2) is 7.61. The maximum absolute atomic E-state index is 12.8. The highest BCUT2D eigenvalue weighted by atomic mass is 35.5. The first-order valence-corrected chi connectivity index (χ1v) is 10.4. The summed E-state index contributed by atoms with van der Waals surface area (Å²) in [5, 5.41) is 0.501. The van der Waals surface area contributed by atoms with Gasteiger partial charge in [-0.3, -0.25) is 4.79 Å². The minimum Gasteiger partial charge on any atom is -0.340 e. The lowest BCUT2D eigenvalue weighted by Gasteiger charge is -2.37. The van der Waals surface area contributed by atoms with Gasteiger partial charge in [0.25, 0.3) is 0 Å². The summed E-state index contributed by atoms with van der Waals surface area (Å²) >= 11 is 5.85. The second-order valence-electron chi connectivity index (χ2n) is 6.78. The quantitative estimate of drug-likeness (QED) is 0.791. The van der Waals surface area contributed by atoms with Gasteiger partial charge in [-0.05, 0) is 44.2 Å². The molecule has 0 spiro atoms. The SMILES string of the molecule is CN1CCN(C(=O)[C@H]2CCCN(S(=O)(=O)c3ccc(Cl)cc3)C2)CC1. The first-order valence-electron chi connectivity index (χ1n) is 8.61. The van der Waals surface area contributed by atoms with Gasteiger partial charge in [-0.15, -0.1) is 0 Å². The first-order chi connectivity index (χ1) is 11.9. The molecule has 138 valence electrons. The summed E-state index contributed by atoms with van der Waals surface area (Å²) < 4.78 is 27.1. The van der Waals surface area contributed by atoms with Gasteiger partial charge >= 0.3 is 0 Å². The third-order valence-corrected chi connectivity index (χ3v) is 7.13. The Balaban J connectivity index is 1.70. The molecule has 0 aromatic heterocycles. The van der Waals surface area contributed by atoms with Gasteiger partial charge in [0.1, 0.15) is 0 Å². The number of rotatable bonds is 3. The summed E-state index contributed by atoms with van der Waals surface area (Å²) in [5.41, 5.74) is 0. The fraction of sp³-hybridized carbons (Fsp3) is 0.588. The first kappa shape index (κ1) is 18.6.